The quantitative estimate of drug-likeness (QED) is 0.452. The molecule has 0 aliphatic heterocycles. The SMILES string of the molecule is C=CC#N.C=COC(C)=O.C=Cc1ccccc1. The second-order valence-corrected chi connectivity index (χ2v) is 2.72. The third kappa shape index (κ3) is 15.9. The van der Waals surface area contributed by atoms with Crippen LogP contribution in [0.1, 0.15) is 12.5 Å². The van der Waals surface area contributed by atoms with E-state index in [1.54, 1.807) is 6.07 Å². The van der Waals surface area contributed by atoms with Gasteiger partial charge in [-0.25, -0.2) is 0 Å². The van der Waals surface area contributed by atoms with Crippen molar-refractivity contribution in [3.05, 3.63) is 68.0 Å². The van der Waals surface area contributed by atoms with Crippen molar-refractivity contribution >= 4 is 12.0 Å². The first-order valence-corrected chi connectivity index (χ1v) is 5.08. The Kier molecular flexibility index (Phi) is 14.2. The third-order valence-electron chi connectivity index (χ3n) is 1.38. The van der Waals surface area contributed by atoms with Crippen LogP contribution in [0, 0.1) is 11.3 Å². The molecule has 0 saturated carbocycles. The van der Waals surface area contributed by atoms with E-state index in [0.29, 0.717) is 0 Å². The molecule has 3 heteroatoms. The smallest absolute Gasteiger partial charge is 0.307 e. The molecule has 0 atom stereocenters. The number of carbonyl (C=O) groups is 1. The fourth-order valence-corrected chi connectivity index (χ4v) is 0.706. The van der Waals surface area contributed by atoms with Crippen molar-refractivity contribution < 1.29 is 9.53 Å². The van der Waals surface area contributed by atoms with Gasteiger partial charge < -0.3 is 4.74 Å². The van der Waals surface area contributed by atoms with Crippen LogP contribution in [0.5, 0.6) is 0 Å². The molecule has 0 amide bonds. The Labute approximate surface area is 108 Å². The summed E-state index contributed by atoms with van der Waals surface area (Å²) < 4.78 is 4.17. The van der Waals surface area contributed by atoms with Crippen molar-refractivity contribution in [3.63, 3.8) is 0 Å². The lowest BCUT2D eigenvalue weighted by Gasteiger charge is -1.85. The summed E-state index contributed by atoms with van der Waals surface area (Å²) >= 11 is 0. The summed E-state index contributed by atoms with van der Waals surface area (Å²) in [7, 11) is 0. The normalized spacial score (nSPS) is 6.89. The molecule has 0 fully saturated rings. The lowest BCUT2D eigenvalue weighted by molar-refractivity contribution is -0.135. The van der Waals surface area contributed by atoms with E-state index in [1.807, 2.05) is 36.4 Å². The molecule has 1 aromatic rings. The minimum absolute atomic E-state index is 0.329. The molecule has 0 aliphatic carbocycles. The molecule has 0 N–H and O–H groups in total. The van der Waals surface area contributed by atoms with Crippen LogP contribution in [0.15, 0.2) is 62.4 Å². The molecule has 1 rings (SSSR count). The molecular formula is C15H17NO2. The Morgan fingerprint density at radius 2 is 1.78 bits per heavy atom. The van der Waals surface area contributed by atoms with Crippen molar-refractivity contribution in [1.82, 2.24) is 0 Å². The van der Waals surface area contributed by atoms with Gasteiger partial charge in [-0.15, -0.1) is 0 Å². The highest BCUT2D eigenvalue weighted by Gasteiger charge is 1.79. The molecule has 0 saturated heterocycles. The lowest BCUT2D eigenvalue weighted by atomic mass is 10.2. The summed E-state index contributed by atoms with van der Waals surface area (Å²) in [6, 6.07) is 11.7. The zero-order valence-electron chi connectivity index (χ0n) is 10.5. The lowest BCUT2D eigenvalue weighted by Crippen LogP contribution is -1.87. The monoisotopic (exact) mass is 243 g/mol. The Hall–Kier alpha value is -2.60. The Morgan fingerprint density at radius 3 is 1.94 bits per heavy atom. The van der Waals surface area contributed by atoms with Crippen molar-refractivity contribution in [1.29, 1.82) is 5.26 Å². The maximum atomic E-state index is 9.75. The van der Waals surface area contributed by atoms with Gasteiger partial charge in [0.1, 0.15) is 0 Å². The van der Waals surface area contributed by atoms with Gasteiger partial charge in [0.05, 0.1) is 12.3 Å². The zero-order valence-corrected chi connectivity index (χ0v) is 10.5. The van der Waals surface area contributed by atoms with E-state index in [1.165, 1.54) is 18.6 Å². The van der Waals surface area contributed by atoms with Gasteiger partial charge in [0.25, 0.3) is 0 Å². The molecule has 0 heterocycles. The van der Waals surface area contributed by atoms with Crippen LogP contribution in [0.2, 0.25) is 0 Å². The summed E-state index contributed by atoms with van der Waals surface area (Å²) in [5.41, 5.74) is 1.17. The fraction of sp³-hybridized carbons (Fsp3) is 0.0667. The predicted molar refractivity (Wildman–Crippen MR) is 74.3 cm³/mol. The van der Waals surface area contributed by atoms with Crippen LogP contribution in [0.3, 0.4) is 0 Å². The number of rotatable bonds is 2. The van der Waals surface area contributed by atoms with Gasteiger partial charge >= 0.3 is 5.97 Å². The summed E-state index contributed by atoms with van der Waals surface area (Å²) in [5.74, 6) is -0.329. The molecule has 3 nitrogen and oxygen atoms in total. The predicted octanol–water partition coefficient (Wildman–Crippen LogP) is 3.72. The van der Waals surface area contributed by atoms with Crippen LogP contribution >= 0.6 is 0 Å². The molecule has 94 valence electrons. The number of hydrogen-bond acceptors (Lipinski definition) is 3. The topological polar surface area (TPSA) is 50.1 Å². The van der Waals surface area contributed by atoms with Crippen molar-refractivity contribution in [2.24, 2.45) is 0 Å². The second-order valence-electron chi connectivity index (χ2n) is 2.72. The highest BCUT2D eigenvalue weighted by Crippen LogP contribution is 1.97. The van der Waals surface area contributed by atoms with Crippen LogP contribution in [-0.2, 0) is 9.53 Å². The molecule has 0 bridgehead atoms. The molecule has 1 aromatic carbocycles. The molecule has 0 aromatic heterocycles. The number of carbonyl (C=O) groups excluding carboxylic acids is 1. The average Bonchev–Trinajstić information content (AvgIpc) is 2.40. The minimum atomic E-state index is -0.329. The second kappa shape index (κ2) is 14.4. The summed E-state index contributed by atoms with van der Waals surface area (Å²) in [5, 5.41) is 7.51. The van der Waals surface area contributed by atoms with E-state index < -0.39 is 0 Å². The summed E-state index contributed by atoms with van der Waals surface area (Å²) in [4.78, 5) is 9.75. The van der Waals surface area contributed by atoms with E-state index in [2.05, 4.69) is 24.5 Å². The molecule has 0 unspecified atom stereocenters. The third-order valence-corrected chi connectivity index (χ3v) is 1.38. The number of nitriles is 1. The Morgan fingerprint density at radius 1 is 1.28 bits per heavy atom. The molecule has 0 radical (unpaired) electrons. The fourth-order valence-electron chi connectivity index (χ4n) is 0.706. The van der Waals surface area contributed by atoms with Gasteiger partial charge in [-0.3, -0.25) is 4.79 Å². The average molecular weight is 243 g/mol. The van der Waals surface area contributed by atoms with Gasteiger partial charge in [-0.1, -0.05) is 56.1 Å². The van der Waals surface area contributed by atoms with Crippen molar-refractivity contribution in [2.75, 3.05) is 0 Å². The highest BCUT2D eigenvalue weighted by molar-refractivity contribution is 5.66. The first-order chi connectivity index (χ1) is 8.62. The number of ether oxygens (including phenoxy) is 1. The van der Waals surface area contributed by atoms with Crippen molar-refractivity contribution in [2.45, 2.75) is 6.92 Å². The number of hydrogen-bond donors (Lipinski definition) is 0. The molecule has 18 heavy (non-hydrogen) atoms. The molecule has 0 spiro atoms. The Balaban J connectivity index is 0. The maximum Gasteiger partial charge on any atom is 0.307 e. The largest absolute Gasteiger partial charge is 0.435 e. The van der Waals surface area contributed by atoms with E-state index in [9.17, 15) is 4.79 Å². The van der Waals surface area contributed by atoms with Crippen LogP contribution in [0.4, 0.5) is 0 Å². The first-order valence-electron chi connectivity index (χ1n) is 5.08. The first kappa shape index (κ1) is 17.8. The van der Waals surface area contributed by atoms with E-state index >= 15 is 0 Å². The van der Waals surface area contributed by atoms with Gasteiger partial charge in [0.2, 0.25) is 0 Å². The molecular weight excluding hydrogens is 226 g/mol. The number of nitrogens with zero attached hydrogens (tertiary/aromatic N) is 1. The summed E-state index contributed by atoms with van der Waals surface area (Å²) in [6.07, 6.45) is 4.11. The maximum absolute atomic E-state index is 9.75. The van der Waals surface area contributed by atoms with E-state index in [-0.39, 0.29) is 5.97 Å². The summed E-state index contributed by atoms with van der Waals surface area (Å²) in [6.45, 7) is 11.2. The number of benzene rings is 1. The van der Waals surface area contributed by atoms with Gasteiger partial charge in [-0.2, -0.15) is 5.26 Å². The Bertz CT molecular complexity index is 402. The molecule has 0 aliphatic rings. The van der Waals surface area contributed by atoms with Crippen molar-refractivity contribution in [3.8, 4) is 6.07 Å². The van der Waals surface area contributed by atoms with Gasteiger partial charge in [0, 0.05) is 13.0 Å². The van der Waals surface area contributed by atoms with E-state index in [0.717, 1.165) is 6.26 Å². The van der Waals surface area contributed by atoms with Crippen LogP contribution in [-0.4, -0.2) is 5.97 Å². The standard InChI is InChI=1S/C8H8.C4H6O2.C3H3N/c1-2-8-6-4-3-5-7-8;1-3-6-4(2)5;1-2-3-4/h2-7H,1H2;3H,1H2,2H3;2H,1H2. The number of allylic oxidation sites excluding steroid dienone is 1. The van der Waals surface area contributed by atoms with Gasteiger partial charge in [0.15, 0.2) is 0 Å². The van der Waals surface area contributed by atoms with Crippen LogP contribution < -0.4 is 0 Å². The van der Waals surface area contributed by atoms with E-state index in [4.69, 9.17) is 5.26 Å². The highest BCUT2D eigenvalue weighted by atomic mass is 16.5. The van der Waals surface area contributed by atoms with Gasteiger partial charge in [-0.05, 0) is 5.56 Å². The number of esters is 1. The van der Waals surface area contributed by atoms with Crippen LogP contribution in [0.25, 0.3) is 6.08 Å². The minimum Gasteiger partial charge on any atom is -0.435 e. The zero-order chi connectivity index (χ0) is 14.2.